The molecule has 0 saturated heterocycles. The molecule has 0 heterocycles. The van der Waals surface area contributed by atoms with E-state index in [9.17, 15) is 5.11 Å². The van der Waals surface area contributed by atoms with Crippen LogP contribution in [0.4, 0.5) is 0 Å². The van der Waals surface area contributed by atoms with Crippen molar-refractivity contribution >= 4 is 0 Å². The molecule has 1 nitrogen and oxygen atoms in total. The third-order valence-electron chi connectivity index (χ3n) is 2.56. The van der Waals surface area contributed by atoms with Gasteiger partial charge in [0, 0.05) is 0 Å². The Labute approximate surface area is 69.1 Å². The molecule has 1 aliphatic rings. The van der Waals surface area contributed by atoms with E-state index in [-0.39, 0.29) is 0 Å². The molecule has 0 radical (unpaired) electrons. The van der Waals surface area contributed by atoms with Gasteiger partial charge in [0.05, 0.1) is 5.60 Å². The highest BCUT2D eigenvalue weighted by Crippen LogP contribution is 2.29. The molecule has 11 heavy (non-hydrogen) atoms. The van der Waals surface area contributed by atoms with Crippen LogP contribution in [0.3, 0.4) is 0 Å². The van der Waals surface area contributed by atoms with Crippen LogP contribution in [0, 0.1) is 0 Å². The second-order valence-corrected chi connectivity index (χ2v) is 3.63. The second kappa shape index (κ2) is 3.91. The molecule has 1 N–H and O–H groups in total. The van der Waals surface area contributed by atoms with Crippen molar-refractivity contribution in [2.24, 2.45) is 0 Å². The topological polar surface area (TPSA) is 20.2 Å². The minimum absolute atomic E-state index is 0.405. The predicted octanol–water partition coefficient (Wildman–Crippen LogP) is 2.65. The summed E-state index contributed by atoms with van der Waals surface area (Å²) in [6, 6.07) is 0. The molecule has 0 aromatic heterocycles. The fourth-order valence-corrected chi connectivity index (χ4v) is 1.86. The summed E-state index contributed by atoms with van der Waals surface area (Å²) >= 11 is 0. The number of hydrogen-bond donors (Lipinski definition) is 1. The normalized spacial score (nSPS) is 24.1. The van der Waals surface area contributed by atoms with Gasteiger partial charge in [0.2, 0.25) is 0 Å². The molecule has 0 aromatic carbocycles. The van der Waals surface area contributed by atoms with Crippen molar-refractivity contribution in [1.29, 1.82) is 0 Å². The van der Waals surface area contributed by atoms with Crippen molar-refractivity contribution < 1.29 is 5.11 Å². The summed E-state index contributed by atoms with van der Waals surface area (Å²) in [6.07, 6.45) is 9.50. The van der Waals surface area contributed by atoms with Gasteiger partial charge in [-0.2, -0.15) is 0 Å². The van der Waals surface area contributed by atoms with Crippen molar-refractivity contribution in [1.82, 2.24) is 0 Å². The Balaban J connectivity index is 2.44. The van der Waals surface area contributed by atoms with Crippen LogP contribution in [-0.2, 0) is 0 Å². The van der Waals surface area contributed by atoms with Crippen LogP contribution in [0.15, 0.2) is 12.7 Å². The number of hydrogen-bond acceptors (Lipinski definition) is 1. The Kier molecular flexibility index (Phi) is 3.13. The standard InChI is InChI=1S/C10H18O/c1-2-7-10(11)8-5-3-4-6-9-10/h2,11H,1,3-9H2. The molecule has 1 heteroatoms. The monoisotopic (exact) mass is 154 g/mol. The van der Waals surface area contributed by atoms with Gasteiger partial charge in [-0.05, 0) is 19.3 Å². The molecule has 0 unspecified atom stereocenters. The van der Waals surface area contributed by atoms with Gasteiger partial charge in [0.1, 0.15) is 0 Å². The van der Waals surface area contributed by atoms with E-state index in [4.69, 9.17) is 0 Å². The van der Waals surface area contributed by atoms with Crippen LogP contribution in [0.5, 0.6) is 0 Å². The second-order valence-electron chi connectivity index (χ2n) is 3.63. The fraction of sp³-hybridized carbons (Fsp3) is 0.800. The highest BCUT2D eigenvalue weighted by atomic mass is 16.3. The van der Waals surface area contributed by atoms with E-state index in [2.05, 4.69) is 6.58 Å². The van der Waals surface area contributed by atoms with Crippen LogP contribution >= 0.6 is 0 Å². The molecule has 0 aromatic rings. The Morgan fingerprint density at radius 2 is 1.73 bits per heavy atom. The predicted molar refractivity (Wildman–Crippen MR) is 47.5 cm³/mol. The van der Waals surface area contributed by atoms with Crippen LogP contribution in [0.2, 0.25) is 0 Å². The van der Waals surface area contributed by atoms with Gasteiger partial charge in [-0.1, -0.05) is 31.8 Å². The van der Waals surface area contributed by atoms with Gasteiger partial charge in [0.15, 0.2) is 0 Å². The third-order valence-corrected chi connectivity index (χ3v) is 2.56. The van der Waals surface area contributed by atoms with Crippen molar-refractivity contribution in [3.05, 3.63) is 12.7 Å². The zero-order chi connectivity index (χ0) is 8.16. The maximum atomic E-state index is 9.98. The van der Waals surface area contributed by atoms with Crippen molar-refractivity contribution in [3.63, 3.8) is 0 Å². The van der Waals surface area contributed by atoms with Gasteiger partial charge in [-0.3, -0.25) is 0 Å². The average molecular weight is 154 g/mol. The van der Waals surface area contributed by atoms with E-state index in [0.29, 0.717) is 0 Å². The minimum Gasteiger partial charge on any atom is -0.390 e. The Morgan fingerprint density at radius 3 is 2.18 bits per heavy atom. The molecule has 0 spiro atoms. The highest BCUT2D eigenvalue weighted by Gasteiger charge is 2.25. The van der Waals surface area contributed by atoms with Crippen LogP contribution in [0.25, 0.3) is 0 Å². The summed E-state index contributed by atoms with van der Waals surface area (Å²) in [7, 11) is 0. The molecule has 1 aliphatic carbocycles. The molecule has 0 bridgehead atoms. The van der Waals surface area contributed by atoms with E-state index in [1.54, 1.807) is 0 Å². The van der Waals surface area contributed by atoms with E-state index in [1.807, 2.05) is 6.08 Å². The first kappa shape index (κ1) is 8.79. The Morgan fingerprint density at radius 1 is 1.18 bits per heavy atom. The van der Waals surface area contributed by atoms with Crippen LogP contribution in [0.1, 0.15) is 44.9 Å². The van der Waals surface area contributed by atoms with Crippen molar-refractivity contribution in [3.8, 4) is 0 Å². The van der Waals surface area contributed by atoms with Crippen molar-refractivity contribution in [2.75, 3.05) is 0 Å². The summed E-state index contributed by atoms with van der Waals surface area (Å²) in [5.41, 5.74) is -0.405. The molecule has 0 atom stereocenters. The minimum atomic E-state index is -0.405. The molecule has 1 saturated carbocycles. The van der Waals surface area contributed by atoms with Crippen LogP contribution in [-0.4, -0.2) is 10.7 Å². The molecule has 0 aliphatic heterocycles. The lowest BCUT2D eigenvalue weighted by molar-refractivity contribution is 0.0280. The molecule has 1 fully saturated rings. The van der Waals surface area contributed by atoms with E-state index < -0.39 is 5.60 Å². The van der Waals surface area contributed by atoms with Crippen molar-refractivity contribution in [2.45, 2.75) is 50.5 Å². The maximum absolute atomic E-state index is 9.98. The van der Waals surface area contributed by atoms with Gasteiger partial charge in [-0.25, -0.2) is 0 Å². The zero-order valence-corrected chi connectivity index (χ0v) is 7.18. The lowest BCUT2D eigenvalue weighted by Gasteiger charge is -2.24. The molecule has 64 valence electrons. The average Bonchev–Trinajstić information content (AvgIpc) is 2.15. The first-order valence-electron chi connectivity index (χ1n) is 4.60. The van der Waals surface area contributed by atoms with E-state index in [1.165, 1.54) is 25.7 Å². The molecule has 1 rings (SSSR count). The zero-order valence-electron chi connectivity index (χ0n) is 7.18. The summed E-state index contributed by atoms with van der Waals surface area (Å²) in [5, 5.41) is 9.98. The smallest absolute Gasteiger partial charge is 0.0682 e. The SMILES string of the molecule is C=CCC1(O)CCCCCC1. The third kappa shape index (κ3) is 2.66. The summed E-state index contributed by atoms with van der Waals surface area (Å²) in [5.74, 6) is 0. The van der Waals surface area contributed by atoms with E-state index in [0.717, 1.165) is 19.3 Å². The quantitative estimate of drug-likeness (QED) is 0.479. The number of rotatable bonds is 2. The van der Waals surface area contributed by atoms with Gasteiger partial charge in [0.25, 0.3) is 0 Å². The summed E-state index contributed by atoms with van der Waals surface area (Å²) in [4.78, 5) is 0. The lowest BCUT2D eigenvalue weighted by Crippen LogP contribution is -2.26. The van der Waals surface area contributed by atoms with Gasteiger partial charge in [-0.15, -0.1) is 6.58 Å². The molecular weight excluding hydrogens is 136 g/mol. The fourth-order valence-electron chi connectivity index (χ4n) is 1.86. The largest absolute Gasteiger partial charge is 0.390 e. The first-order chi connectivity index (χ1) is 5.27. The Bertz CT molecular complexity index is 121. The molecular formula is C10H18O. The Hall–Kier alpha value is -0.300. The maximum Gasteiger partial charge on any atom is 0.0682 e. The van der Waals surface area contributed by atoms with Crippen LogP contribution < -0.4 is 0 Å². The van der Waals surface area contributed by atoms with Gasteiger partial charge >= 0.3 is 0 Å². The first-order valence-corrected chi connectivity index (χ1v) is 4.60. The van der Waals surface area contributed by atoms with Gasteiger partial charge < -0.3 is 5.11 Å². The molecule has 0 amide bonds. The van der Waals surface area contributed by atoms with E-state index >= 15 is 0 Å². The number of aliphatic hydroxyl groups is 1. The lowest BCUT2D eigenvalue weighted by atomic mass is 9.91. The summed E-state index contributed by atoms with van der Waals surface area (Å²) < 4.78 is 0. The highest BCUT2D eigenvalue weighted by molar-refractivity contribution is 4.87. The summed E-state index contributed by atoms with van der Waals surface area (Å²) in [6.45, 7) is 3.67.